The van der Waals surface area contributed by atoms with Gasteiger partial charge in [0.15, 0.2) is 0 Å². The molecule has 1 saturated heterocycles. The molecule has 0 aromatic rings. The van der Waals surface area contributed by atoms with Crippen LogP contribution >= 0.6 is 8.69 Å². The van der Waals surface area contributed by atoms with E-state index in [1.807, 2.05) is 0 Å². The predicted octanol–water partition coefficient (Wildman–Crippen LogP) is 2.21. The van der Waals surface area contributed by atoms with E-state index < -0.39 is 8.69 Å². The van der Waals surface area contributed by atoms with Gasteiger partial charge in [0.05, 0.1) is 26.7 Å². The van der Waals surface area contributed by atoms with Gasteiger partial charge >= 0.3 is 8.69 Å². The summed E-state index contributed by atoms with van der Waals surface area (Å²) in [6, 6.07) is 0. The van der Waals surface area contributed by atoms with E-state index in [-0.39, 0.29) is 0 Å². The fourth-order valence-electron chi connectivity index (χ4n) is 1.86. The van der Waals surface area contributed by atoms with E-state index in [1.54, 1.807) is 0 Å². The normalized spacial score (nSPS) is 19.6. The second-order valence-electron chi connectivity index (χ2n) is 3.93. The van der Waals surface area contributed by atoms with E-state index >= 15 is 0 Å². The van der Waals surface area contributed by atoms with Gasteiger partial charge < -0.3 is 9.38 Å². The molecule has 0 spiro atoms. The lowest BCUT2D eigenvalue weighted by molar-refractivity contribution is -0.897. The van der Waals surface area contributed by atoms with E-state index in [9.17, 15) is 0 Å². The topological polar surface area (TPSA) is 37.3 Å². The lowest BCUT2D eigenvalue weighted by Crippen LogP contribution is -2.41. The summed E-state index contributed by atoms with van der Waals surface area (Å²) in [7, 11) is 1.57. The smallest absolute Gasteiger partial charge is 0.324 e. The minimum absolute atomic E-state index is 0.833. The molecule has 0 bridgehead atoms. The van der Waals surface area contributed by atoms with Crippen molar-refractivity contribution in [1.82, 2.24) is 0 Å². The van der Waals surface area contributed by atoms with Crippen LogP contribution in [0.5, 0.6) is 0 Å². The first kappa shape index (κ1) is 13.0. The Morgan fingerprint density at radius 2 is 1.85 bits per heavy atom. The summed E-state index contributed by atoms with van der Waals surface area (Å²) in [5, 5.41) is 0. The van der Waals surface area contributed by atoms with Crippen LogP contribution in [0.1, 0.15) is 32.6 Å². The van der Waals surface area contributed by atoms with Gasteiger partial charge in [-0.25, -0.2) is 4.57 Å². The highest BCUT2D eigenvalue weighted by Crippen LogP contribution is 2.16. The fourth-order valence-corrected chi connectivity index (χ4v) is 1.86. The molecular weight excluding hydrogens is 185 g/mol. The van der Waals surface area contributed by atoms with E-state index in [0.29, 0.717) is 0 Å². The molecule has 13 heavy (non-hydrogen) atoms. The Bertz CT molecular complexity index is 136. The summed E-state index contributed by atoms with van der Waals surface area (Å²) >= 11 is 0. The zero-order valence-corrected chi connectivity index (χ0v) is 9.59. The summed E-state index contributed by atoms with van der Waals surface area (Å²) in [5.74, 6) is 0. The van der Waals surface area contributed by atoms with E-state index in [1.165, 1.54) is 49.8 Å². The summed E-state index contributed by atoms with van der Waals surface area (Å²) in [5.41, 5.74) is 0. The van der Waals surface area contributed by atoms with Crippen LogP contribution in [0, 0.1) is 0 Å². The Kier molecular flexibility index (Phi) is 7.44. The first-order valence-corrected chi connectivity index (χ1v) is 5.75. The van der Waals surface area contributed by atoms with Crippen molar-refractivity contribution in [3.63, 3.8) is 0 Å². The molecule has 0 atom stereocenters. The van der Waals surface area contributed by atoms with Crippen LogP contribution in [-0.2, 0) is 4.57 Å². The highest BCUT2D eigenvalue weighted by Gasteiger charge is 2.25. The predicted molar refractivity (Wildman–Crippen MR) is 54.8 cm³/mol. The van der Waals surface area contributed by atoms with Crippen molar-refractivity contribution >= 4 is 8.69 Å². The van der Waals surface area contributed by atoms with Crippen LogP contribution in [0.4, 0.5) is 0 Å². The maximum atomic E-state index is 8.46. The van der Waals surface area contributed by atoms with E-state index in [4.69, 9.17) is 9.46 Å². The van der Waals surface area contributed by atoms with Crippen molar-refractivity contribution < 1.29 is 13.9 Å². The number of rotatable bonds is 3. The van der Waals surface area contributed by atoms with Gasteiger partial charge in [0.25, 0.3) is 0 Å². The Morgan fingerprint density at radius 1 is 1.38 bits per heavy atom. The van der Waals surface area contributed by atoms with Crippen molar-refractivity contribution in [2.75, 3.05) is 26.7 Å². The van der Waals surface area contributed by atoms with Crippen LogP contribution in [0.2, 0.25) is 0 Å². The molecule has 0 saturated carbocycles. The van der Waals surface area contributed by atoms with Gasteiger partial charge in [-0.05, 0) is 6.42 Å². The molecule has 1 rings (SSSR count). The molecule has 0 radical (unpaired) electrons. The average Bonchev–Trinajstić information content (AvgIpc) is 2.51. The maximum absolute atomic E-state index is 8.46. The third kappa shape index (κ3) is 6.14. The third-order valence-electron chi connectivity index (χ3n) is 2.70. The van der Waals surface area contributed by atoms with Gasteiger partial charge in [0.2, 0.25) is 0 Å². The molecule has 0 aliphatic carbocycles. The van der Waals surface area contributed by atoms with Crippen molar-refractivity contribution in [3.8, 4) is 0 Å². The molecule has 0 unspecified atom stereocenters. The summed E-state index contributed by atoms with van der Waals surface area (Å²) < 4.78 is 9.81. The number of nitrogens with zero attached hydrogens (tertiary/aromatic N) is 1. The molecule has 0 aromatic heterocycles. The number of hydrogen-bond acceptors (Lipinski definition) is 1. The van der Waals surface area contributed by atoms with Crippen molar-refractivity contribution in [2.45, 2.75) is 32.6 Å². The molecule has 1 heterocycles. The molecule has 0 aromatic carbocycles. The zero-order valence-electron chi connectivity index (χ0n) is 8.70. The molecule has 1 N–H and O–H groups in total. The van der Waals surface area contributed by atoms with Gasteiger partial charge in [-0.15, -0.1) is 0 Å². The number of likely N-dealkylation sites (tertiary alicyclic amines) is 1. The standard InChI is InChI=1S/C9H20N.HO2P/c1-3-4-7-10(2)8-5-6-9-10;1-3-2/h3-9H2,1-2H3;(H,1,2)/q+1;. The molecule has 1 aliphatic heterocycles. The minimum atomic E-state index is -0.833. The van der Waals surface area contributed by atoms with Gasteiger partial charge in [0, 0.05) is 12.8 Å². The quantitative estimate of drug-likeness (QED) is 0.568. The first-order valence-electron chi connectivity index (χ1n) is 4.99. The molecule has 78 valence electrons. The van der Waals surface area contributed by atoms with Gasteiger partial charge in [-0.3, -0.25) is 0 Å². The Balaban J connectivity index is 0.000000424. The first-order chi connectivity index (χ1) is 6.18. The van der Waals surface area contributed by atoms with Crippen molar-refractivity contribution in [2.24, 2.45) is 0 Å². The van der Waals surface area contributed by atoms with Crippen LogP contribution in [-0.4, -0.2) is 36.1 Å². The van der Waals surface area contributed by atoms with Gasteiger partial charge in [-0.2, -0.15) is 0 Å². The van der Waals surface area contributed by atoms with Crippen molar-refractivity contribution in [1.29, 1.82) is 0 Å². The average molecular weight is 206 g/mol. The molecule has 1 aliphatic rings. The minimum Gasteiger partial charge on any atom is -0.326 e. The monoisotopic (exact) mass is 206 g/mol. The van der Waals surface area contributed by atoms with Crippen LogP contribution in [0.3, 0.4) is 0 Å². The summed E-state index contributed by atoms with van der Waals surface area (Å²) in [6.45, 7) is 6.55. The SMILES string of the molecule is CCCC[N+]1(C)CCCC1.O=PO. The van der Waals surface area contributed by atoms with Crippen LogP contribution in [0.15, 0.2) is 0 Å². The third-order valence-corrected chi connectivity index (χ3v) is 2.70. The van der Waals surface area contributed by atoms with Crippen LogP contribution < -0.4 is 0 Å². The lowest BCUT2D eigenvalue weighted by atomic mass is 10.3. The second kappa shape index (κ2) is 7.43. The molecule has 0 amide bonds. The van der Waals surface area contributed by atoms with E-state index in [0.717, 1.165) is 0 Å². The number of quaternary nitrogens is 1. The zero-order chi connectivity index (χ0) is 10.2. The van der Waals surface area contributed by atoms with Gasteiger partial charge in [-0.1, -0.05) is 13.3 Å². The highest BCUT2D eigenvalue weighted by molar-refractivity contribution is 7.16. The second-order valence-corrected chi connectivity index (χ2v) is 4.10. The summed E-state index contributed by atoms with van der Waals surface area (Å²) in [4.78, 5) is 6.99. The lowest BCUT2D eigenvalue weighted by Gasteiger charge is -2.28. The fraction of sp³-hybridized carbons (Fsp3) is 1.00. The largest absolute Gasteiger partial charge is 0.326 e. The number of hydrogen-bond donors (Lipinski definition) is 1. The maximum Gasteiger partial charge on any atom is 0.324 e. The Morgan fingerprint density at radius 3 is 2.23 bits per heavy atom. The molecule has 3 nitrogen and oxygen atoms in total. The van der Waals surface area contributed by atoms with Crippen molar-refractivity contribution in [3.05, 3.63) is 0 Å². The van der Waals surface area contributed by atoms with Crippen LogP contribution in [0.25, 0.3) is 0 Å². The highest BCUT2D eigenvalue weighted by atomic mass is 31.1. The van der Waals surface area contributed by atoms with Gasteiger partial charge in [0.1, 0.15) is 0 Å². The number of unbranched alkanes of at least 4 members (excludes halogenated alkanes) is 1. The summed E-state index contributed by atoms with van der Waals surface area (Å²) in [6.07, 6.45) is 5.69. The Hall–Kier alpha value is 0.0200. The molecule has 4 heteroatoms. The van der Waals surface area contributed by atoms with E-state index in [2.05, 4.69) is 14.0 Å². The molecular formula is C9H21NO2P+. The molecule has 1 fully saturated rings. The Labute approximate surface area is 82.6 Å².